The van der Waals surface area contributed by atoms with Gasteiger partial charge in [0.2, 0.25) is 0 Å². The maximum atomic E-state index is 12.7. The molecule has 0 fully saturated rings. The number of aliphatic hydroxyl groups excluding tert-OH is 1. The third-order valence-electron chi connectivity index (χ3n) is 5.34. The zero-order valence-electron chi connectivity index (χ0n) is 16.2. The first-order valence-corrected chi connectivity index (χ1v) is 9.72. The van der Waals surface area contributed by atoms with Crippen molar-refractivity contribution < 1.29 is 30.0 Å². The van der Waals surface area contributed by atoms with E-state index in [9.17, 15) is 25.2 Å². The van der Waals surface area contributed by atoms with E-state index in [0.717, 1.165) is 5.56 Å². The fraction of sp³-hybridized carbons (Fsp3) is 0.208. The van der Waals surface area contributed by atoms with E-state index in [0.29, 0.717) is 17.5 Å². The van der Waals surface area contributed by atoms with Crippen LogP contribution in [0.4, 0.5) is 0 Å². The highest BCUT2D eigenvalue weighted by molar-refractivity contribution is 6.02. The van der Waals surface area contributed by atoms with Crippen molar-refractivity contribution in [1.29, 1.82) is 0 Å². The summed E-state index contributed by atoms with van der Waals surface area (Å²) in [4.78, 5) is 12.7. The largest absolute Gasteiger partial charge is 0.508 e. The fourth-order valence-corrected chi connectivity index (χ4v) is 3.76. The Balaban J connectivity index is 1.59. The molecule has 4 N–H and O–H groups in total. The van der Waals surface area contributed by atoms with Gasteiger partial charge in [0.15, 0.2) is 5.78 Å². The molecule has 30 heavy (non-hydrogen) atoms. The first kappa shape index (κ1) is 19.8. The maximum absolute atomic E-state index is 12.7. The van der Waals surface area contributed by atoms with Gasteiger partial charge in [-0.05, 0) is 29.7 Å². The van der Waals surface area contributed by atoms with Gasteiger partial charge in [-0.3, -0.25) is 4.79 Å². The smallest absolute Gasteiger partial charge is 0.170 e. The molecule has 3 aromatic carbocycles. The quantitative estimate of drug-likeness (QED) is 0.482. The van der Waals surface area contributed by atoms with Crippen LogP contribution in [-0.2, 0) is 12.8 Å². The molecule has 0 aliphatic carbocycles. The van der Waals surface area contributed by atoms with Crippen molar-refractivity contribution in [3.05, 3.63) is 82.9 Å². The third-order valence-corrected chi connectivity index (χ3v) is 5.34. The van der Waals surface area contributed by atoms with E-state index < -0.39 is 12.2 Å². The fourth-order valence-electron chi connectivity index (χ4n) is 3.76. The maximum Gasteiger partial charge on any atom is 0.170 e. The summed E-state index contributed by atoms with van der Waals surface area (Å²) in [6, 6.07) is 17.0. The SMILES string of the molecule is O=C(CCc1ccccc1)c1c(O)cc2c(c1O)CC(O)C(c1ccc(O)cc1)O2. The van der Waals surface area contributed by atoms with Crippen molar-refractivity contribution >= 4 is 5.78 Å². The summed E-state index contributed by atoms with van der Waals surface area (Å²) >= 11 is 0. The van der Waals surface area contributed by atoms with Crippen LogP contribution < -0.4 is 4.74 Å². The van der Waals surface area contributed by atoms with Crippen molar-refractivity contribution in [2.45, 2.75) is 31.5 Å². The number of carbonyl (C=O) groups excluding carboxylic acids is 1. The van der Waals surface area contributed by atoms with Crippen molar-refractivity contribution in [3.63, 3.8) is 0 Å². The van der Waals surface area contributed by atoms with Crippen LogP contribution in [0.1, 0.15) is 39.6 Å². The van der Waals surface area contributed by atoms with Crippen LogP contribution in [0.15, 0.2) is 60.7 Å². The predicted molar refractivity (Wildman–Crippen MR) is 110 cm³/mol. The standard InChI is InChI=1S/C24H22O6/c25-16-9-7-15(8-10-16)24-20(28)12-17-21(30-24)13-19(27)22(23(17)29)18(26)11-6-14-4-2-1-3-5-14/h1-5,7-10,13,20,24-25,27-29H,6,11-12H2. The van der Waals surface area contributed by atoms with Gasteiger partial charge in [-0.2, -0.15) is 0 Å². The number of aryl methyl sites for hydroxylation is 1. The van der Waals surface area contributed by atoms with Crippen molar-refractivity contribution in [1.82, 2.24) is 0 Å². The first-order chi connectivity index (χ1) is 14.4. The van der Waals surface area contributed by atoms with Crippen LogP contribution in [-0.4, -0.2) is 32.3 Å². The van der Waals surface area contributed by atoms with Gasteiger partial charge in [-0.25, -0.2) is 0 Å². The van der Waals surface area contributed by atoms with Gasteiger partial charge in [0.05, 0.1) is 6.10 Å². The number of ether oxygens (including phenoxy) is 1. The summed E-state index contributed by atoms with van der Waals surface area (Å²) < 4.78 is 5.83. The molecule has 1 aliphatic rings. The highest BCUT2D eigenvalue weighted by Gasteiger charge is 2.34. The van der Waals surface area contributed by atoms with Gasteiger partial charge in [-0.1, -0.05) is 42.5 Å². The second kappa shape index (κ2) is 8.08. The molecule has 1 heterocycles. The van der Waals surface area contributed by atoms with E-state index in [1.807, 2.05) is 30.3 Å². The number of fused-ring (bicyclic) bond motifs is 1. The van der Waals surface area contributed by atoms with Gasteiger partial charge in [-0.15, -0.1) is 0 Å². The Morgan fingerprint density at radius 1 is 1.00 bits per heavy atom. The van der Waals surface area contributed by atoms with Gasteiger partial charge in [0.1, 0.15) is 34.7 Å². The second-order valence-corrected chi connectivity index (χ2v) is 7.41. The lowest BCUT2D eigenvalue weighted by atomic mass is 9.91. The summed E-state index contributed by atoms with van der Waals surface area (Å²) in [7, 11) is 0. The lowest BCUT2D eigenvalue weighted by Crippen LogP contribution is -2.30. The summed E-state index contributed by atoms with van der Waals surface area (Å²) in [6.07, 6.45) is -1.02. The number of hydrogen-bond acceptors (Lipinski definition) is 6. The van der Waals surface area contributed by atoms with Gasteiger partial charge in [0.25, 0.3) is 0 Å². The molecule has 0 radical (unpaired) electrons. The van der Waals surface area contributed by atoms with Crippen molar-refractivity contribution in [2.75, 3.05) is 0 Å². The normalized spacial score (nSPS) is 17.8. The number of phenolic OH excluding ortho intramolecular Hbond substituents is 3. The molecular formula is C24H22O6. The van der Waals surface area contributed by atoms with Crippen LogP contribution in [0.3, 0.4) is 0 Å². The Kier molecular flexibility index (Phi) is 5.33. The molecule has 154 valence electrons. The predicted octanol–water partition coefficient (Wildman–Crippen LogP) is 3.66. The second-order valence-electron chi connectivity index (χ2n) is 7.41. The molecule has 3 aromatic rings. The van der Waals surface area contributed by atoms with Crippen LogP contribution >= 0.6 is 0 Å². The zero-order valence-corrected chi connectivity index (χ0v) is 16.2. The van der Waals surface area contributed by atoms with Crippen molar-refractivity contribution in [2.24, 2.45) is 0 Å². The van der Waals surface area contributed by atoms with E-state index >= 15 is 0 Å². The zero-order chi connectivity index (χ0) is 21.3. The molecule has 2 unspecified atom stereocenters. The number of rotatable bonds is 5. The molecule has 0 saturated carbocycles. The molecule has 0 aromatic heterocycles. The minimum absolute atomic E-state index is 0.0615. The molecule has 0 bridgehead atoms. The number of phenols is 3. The lowest BCUT2D eigenvalue weighted by Gasteiger charge is -2.32. The van der Waals surface area contributed by atoms with Crippen LogP contribution in [0.5, 0.6) is 23.0 Å². The van der Waals surface area contributed by atoms with Crippen molar-refractivity contribution in [3.8, 4) is 23.0 Å². The monoisotopic (exact) mass is 406 g/mol. The van der Waals surface area contributed by atoms with Crippen LogP contribution in [0, 0.1) is 0 Å². The molecule has 0 amide bonds. The highest BCUT2D eigenvalue weighted by atomic mass is 16.5. The lowest BCUT2D eigenvalue weighted by molar-refractivity contribution is 0.0197. The Hall–Kier alpha value is -3.51. The number of ketones is 1. The van der Waals surface area contributed by atoms with E-state index in [-0.39, 0.29) is 47.2 Å². The van der Waals surface area contributed by atoms with Crippen LogP contribution in [0.2, 0.25) is 0 Å². The number of benzene rings is 3. The van der Waals surface area contributed by atoms with E-state index in [4.69, 9.17) is 4.74 Å². The number of carbonyl (C=O) groups is 1. The molecular weight excluding hydrogens is 384 g/mol. The van der Waals surface area contributed by atoms with E-state index in [2.05, 4.69) is 0 Å². The van der Waals surface area contributed by atoms with E-state index in [1.54, 1.807) is 12.1 Å². The molecule has 0 saturated heterocycles. The summed E-state index contributed by atoms with van der Waals surface area (Å²) in [5.41, 5.74) is 1.77. The van der Waals surface area contributed by atoms with Gasteiger partial charge in [0, 0.05) is 24.5 Å². The minimum Gasteiger partial charge on any atom is -0.508 e. The number of Topliss-reactive ketones (excluding diaryl/α,β-unsaturated/α-hetero) is 1. The number of aliphatic hydroxyl groups is 1. The van der Waals surface area contributed by atoms with E-state index in [1.165, 1.54) is 18.2 Å². The average molecular weight is 406 g/mol. The third kappa shape index (κ3) is 3.82. The topological polar surface area (TPSA) is 107 Å². The Labute approximate surface area is 173 Å². The molecule has 2 atom stereocenters. The molecule has 0 spiro atoms. The molecule has 1 aliphatic heterocycles. The highest BCUT2D eigenvalue weighted by Crippen LogP contribution is 2.45. The summed E-state index contributed by atoms with van der Waals surface area (Å²) in [6.45, 7) is 0. The Morgan fingerprint density at radius 3 is 2.40 bits per heavy atom. The minimum atomic E-state index is -0.968. The Morgan fingerprint density at radius 2 is 1.70 bits per heavy atom. The van der Waals surface area contributed by atoms with Crippen LogP contribution in [0.25, 0.3) is 0 Å². The van der Waals surface area contributed by atoms with Gasteiger partial charge >= 0.3 is 0 Å². The number of hydrogen-bond donors (Lipinski definition) is 4. The molecule has 6 nitrogen and oxygen atoms in total. The summed E-state index contributed by atoms with van der Waals surface area (Å²) in [5.74, 6) is -0.783. The first-order valence-electron chi connectivity index (χ1n) is 9.72. The summed E-state index contributed by atoms with van der Waals surface area (Å²) in [5, 5.41) is 41.1. The Bertz CT molecular complexity index is 1060. The number of aromatic hydroxyl groups is 3. The molecule has 4 rings (SSSR count). The average Bonchev–Trinajstić information content (AvgIpc) is 2.74. The van der Waals surface area contributed by atoms with Gasteiger partial charge < -0.3 is 25.2 Å². The molecule has 6 heteroatoms.